The highest BCUT2D eigenvalue weighted by Gasteiger charge is 2.14. The first-order valence-corrected chi connectivity index (χ1v) is 8.39. The molecule has 6 nitrogen and oxygen atoms in total. The Hall–Kier alpha value is -1.67. The minimum Gasteiger partial charge on any atom is -0.399 e. The zero-order valence-electron chi connectivity index (χ0n) is 12.1. The van der Waals surface area contributed by atoms with Gasteiger partial charge in [0.1, 0.15) is 5.82 Å². The van der Waals surface area contributed by atoms with Crippen molar-refractivity contribution in [1.82, 2.24) is 9.62 Å². The number of sulfonamides is 1. The molecule has 0 aromatic heterocycles. The van der Waals surface area contributed by atoms with Crippen molar-refractivity contribution in [2.75, 3.05) is 31.6 Å². The maximum Gasteiger partial charge on any atom is 0.254 e. The topological polar surface area (TPSA) is 92.5 Å². The summed E-state index contributed by atoms with van der Waals surface area (Å²) in [7, 11) is -3.24. The SMILES string of the molecule is CCN(CCCNC(=O)c1cc(N)ccc1F)S(C)(=O)=O. The van der Waals surface area contributed by atoms with Crippen LogP contribution < -0.4 is 11.1 Å². The van der Waals surface area contributed by atoms with E-state index in [-0.39, 0.29) is 12.1 Å². The molecule has 0 heterocycles. The number of rotatable bonds is 7. The van der Waals surface area contributed by atoms with Gasteiger partial charge in [-0.15, -0.1) is 0 Å². The summed E-state index contributed by atoms with van der Waals surface area (Å²) >= 11 is 0. The first kappa shape index (κ1) is 17.4. The summed E-state index contributed by atoms with van der Waals surface area (Å²) in [6, 6.07) is 3.77. The van der Waals surface area contributed by atoms with Crippen LogP contribution in [-0.4, -0.2) is 44.5 Å². The quantitative estimate of drug-likeness (QED) is 0.575. The maximum absolute atomic E-state index is 13.5. The van der Waals surface area contributed by atoms with Crippen LogP contribution >= 0.6 is 0 Å². The number of halogens is 1. The van der Waals surface area contributed by atoms with Crippen LogP contribution in [0.5, 0.6) is 0 Å². The highest BCUT2D eigenvalue weighted by atomic mass is 32.2. The first-order valence-electron chi connectivity index (χ1n) is 6.54. The summed E-state index contributed by atoms with van der Waals surface area (Å²) in [6.07, 6.45) is 1.58. The lowest BCUT2D eigenvalue weighted by atomic mass is 10.1. The molecule has 8 heteroatoms. The Morgan fingerprint density at radius 2 is 2.10 bits per heavy atom. The van der Waals surface area contributed by atoms with Crippen molar-refractivity contribution in [1.29, 1.82) is 0 Å². The van der Waals surface area contributed by atoms with Crippen molar-refractivity contribution >= 4 is 21.6 Å². The second kappa shape index (κ2) is 7.37. The monoisotopic (exact) mass is 317 g/mol. The number of hydrogen-bond donors (Lipinski definition) is 2. The van der Waals surface area contributed by atoms with Crippen LogP contribution in [0, 0.1) is 5.82 Å². The second-order valence-electron chi connectivity index (χ2n) is 4.60. The number of nitrogen functional groups attached to an aromatic ring is 1. The molecule has 0 aliphatic carbocycles. The van der Waals surface area contributed by atoms with Gasteiger partial charge in [-0.05, 0) is 24.6 Å². The fourth-order valence-corrected chi connectivity index (χ4v) is 2.76. The average molecular weight is 317 g/mol. The first-order chi connectivity index (χ1) is 9.75. The average Bonchev–Trinajstić information content (AvgIpc) is 2.39. The van der Waals surface area contributed by atoms with E-state index in [9.17, 15) is 17.6 Å². The highest BCUT2D eigenvalue weighted by molar-refractivity contribution is 7.88. The summed E-state index contributed by atoms with van der Waals surface area (Å²) in [5.74, 6) is -1.21. The molecule has 0 bridgehead atoms. The van der Waals surface area contributed by atoms with Crippen LogP contribution in [0.3, 0.4) is 0 Å². The number of carbonyl (C=O) groups is 1. The predicted molar refractivity (Wildman–Crippen MR) is 79.9 cm³/mol. The van der Waals surface area contributed by atoms with E-state index < -0.39 is 21.7 Å². The minimum absolute atomic E-state index is 0.120. The van der Waals surface area contributed by atoms with Crippen molar-refractivity contribution in [3.63, 3.8) is 0 Å². The predicted octanol–water partition coefficient (Wildman–Crippen LogP) is 0.809. The molecular weight excluding hydrogens is 297 g/mol. The fraction of sp³-hybridized carbons (Fsp3) is 0.462. The van der Waals surface area contributed by atoms with E-state index in [1.165, 1.54) is 16.4 Å². The minimum atomic E-state index is -3.24. The Labute approximate surface area is 124 Å². The molecular formula is C13H20FN3O3S. The summed E-state index contributed by atoms with van der Waals surface area (Å²) in [5.41, 5.74) is 5.69. The molecule has 0 radical (unpaired) electrons. The lowest BCUT2D eigenvalue weighted by Crippen LogP contribution is -2.33. The Kier molecular flexibility index (Phi) is 6.10. The van der Waals surface area contributed by atoms with Gasteiger partial charge in [-0.1, -0.05) is 6.92 Å². The van der Waals surface area contributed by atoms with Crippen LogP contribution in [0.1, 0.15) is 23.7 Å². The Morgan fingerprint density at radius 3 is 2.67 bits per heavy atom. The summed E-state index contributed by atoms with van der Waals surface area (Å²) in [6.45, 7) is 2.66. The van der Waals surface area contributed by atoms with Gasteiger partial charge in [0.05, 0.1) is 11.8 Å². The van der Waals surface area contributed by atoms with Crippen LogP contribution in [0.15, 0.2) is 18.2 Å². The molecule has 1 rings (SSSR count). The van der Waals surface area contributed by atoms with Gasteiger partial charge in [-0.3, -0.25) is 4.79 Å². The Morgan fingerprint density at radius 1 is 1.43 bits per heavy atom. The standard InChI is InChI=1S/C13H20FN3O3S/c1-3-17(21(2,19)20)8-4-7-16-13(18)11-9-10(15)5-6-12(11)14/h5-6,9H,3-4,7-8,15H2,1-2H3,(H,16,18). The van der Waals surface area contributed by atoms with E-state index in [0.717, 1.165) is 12.3 Å². The van der Waals surface area contributed by atoms with Crippen LogP contribution in [0.4, 0.5) is 10.1 Å². The molecule has 21 heavy (non-hydrogen) atoms. The molecule has 3 N–H and O–H groups in total. The molecule has 1 amide bonds. The number of nitrogens with one attached hydrogen (secondary N) is 1. The number of anilines is 1. The van der Waals surface area contributed by atoms with E-state index in [1.54, 1.807) is 6.92 Å². The largest absolute Gasteiger partial charge is 0.399 e. The van der Waals surface area contributed by atoms with E-state index in [2.05, 4.69) is 5.32 Å². The molecule has 0 saturated carbocycles. The van der Waals surface area contributed by atoms with Crippen molar-refractivity contribution in [2.45, 2.75) is 13.3 Å². The van der Waals surface area contributed by atoms with Crippen molar-refractivity contribution in [2.24, 2.45) is 0 Å². The Balaban J connectivity index is 2.49. The molecule has 0 spiro atoms. The smallest absolute Gasteiger partial charge is 0.254 e. The zero-order valence-corrected chi connectivity index (χ0v) is 12.9. The lowest BCUT2D eigenvalue weighted by molar-refractivity contribution is 0.0949. The number of carbonyl (C=O) groups excluding carboxylic acids is 1. The molecule has 0 aliphatic rings. The summed E-state index contributed by atoms with van der Waals surface area (Å²) in [4.78, 5) is 11.8. The molecule has 0 atom stereocenters. The zero-order chi connectivity index (χ0) is 16.0. The van der Waals surface area contributed by atoms with Gasteiger partial charge < -0.3 is 11.1 Å². The summed E-state index contributed by atoms with van der Waals surface area (Å²) in [5, 5.41) is 2.54. The van der Waals surface area contributed by atoms with Gasteiger partial charge in [0.25, 0.3) is 5.91 Å². The van der Waals surface area contributed by atoms with Crippen LogP contribution in [0.25, 0.3) is 0 Å². The van der Waals surface area contributed by atoms with Gasteiger partial charge >= 0.3 is 0 Å². The van der Waals surface area contributed by atoms with Crippen molar-refractivity contribution < 1.29 is 17.6 Å². The number of hydrogen-bond acceptors (Lipinski definition) is 4. The molecule has 0 aliphatic heterocycles. The van der Waals surface area contributed by atoms with Crippen molar-refractivity contribution in [3.8, 4) is 0 Å². The second-order valence-corrected chi connectivity index (χ2v) is 6.59. The molecule has 0 saturated heterocycles. The maximum atomic E-state index is 13.5. The highest BCUT2D eigenvalue weighted by Crippen LogP contribution is 2.11. The molecule has 1 aromatic carbocycles. The lowest BCUT2D eigenvalue weighted by Gasteiger charge is -2.17. The van der Waals surface area contributed by atoms with Gasteiger partial charge in [0, 0.05) is 25.3 Å². The van der Waals surface area contributed by atoms with E-state index in [0.29, 0.717) is 25.2 Å². The molecule has 1 aromatic rings. The van der Waals surface area contributed by atoms with Gasteiger partial charge in [-0.25, -0.2) is 17.1 Å². The van der Waals surface area contributed by atoms with Gasteiger partial charge in [0.15, 0.2) is 0 Å². The third-order valence-electron chi connectivity index (χ3n) is 2.93. The molecule has 0 unspecified atom stereocenters. The summed E-state index contributed by atoms with van der Waals surface area (Å²) < 4.78 is 37.5. The fourth-order valence-electron chi connectivity index (χ4n) is 1.83. The number of amides is 1. The molecule has 0 fully saturated rings. The number of nitrogens with two attached hydrogens (primary N) is 1. The number of nitrogens with zero attached hydrogens (tertiary/aromatic N) is 1. The van der Waals surface area contributed by atoms with E-state index >= 15 is 0 Å². The van der Waals surface area contributed by atoms with Crippen LogP contribution in [-0.2, 0) is 10.0 Å². The van der Waals surface area contributed by atoms with E-state index in [4.69, 9.17) is 5.73 Å². The van der Waals surface area contributed by atoms with Gasteiger partial charge in [0.2, 0.25) is 10.0 Å². The number of benzene rings is 1. The van der Waals surface area contributed by atoms with Crippen LogP contribution in [0.2, 0.25) is 0 Å². The third kappa shape index (κ3) is 5.31. The molecule has 118 valence electrons. The van der Waals surface area contributed by atoms with E-state index in [1.807, 2.05) is 0 Å². The normalized spacial score (nSPS) is 11.6. The van der Waals surface area contributed by atoms with Gasteiger partial charge in [-0.2, -0.15) is 0 Å². The Bertz CT molecular complexity index is 605. The third-order valence-corrected chi connectivity index (χ3v) is 4.31. The van der Waals surface area contributed by atoms with Crippen molar-refractivity contribution in [3.05, 3.63) is 29.6 Å².